The molecule has 5 heteroatoms. The molecule has 0 saturated carbocycles. The highest BCUT2D eigenvalue weighted by Crippen LogP contribution is 2.21. The van der Waals surface area contributed by atoms with Gasteiger partial charge in [-0.25, -0.2) is 4.68 Å². The summed E-state index contributed by atoms with van der Waals surface area (Å²) >= 11 is 0. The highest BCUT2D eigenvalue weighted by molar-refractivity contribution is 6.11. The molecular formula is C22H25N3O2. The van der Waals surface area contributed by atoms with Crippen LogP contribution in [0.25, 0.3) is 10.8 Å². The maximum absolute atomic E-state index is 13.0. The summed E-state index contributed by atoms with van der Waals surface area (Å²) < 4.78 is 1.43. The van der Waals surface area contributed by atoms with Crippen molar-refractivity contribution in [3.63, 3.8) is 0 Å². The fourth-order valence-electron chi connectivity index (χ4n) is 3.25. The predicted molar refractivity (Wildman–Crippen MR) is 109 cm³/mol. The van der Waals surface area contributed by atoms with Crippen LogP contribution in [0.2, 0.25) is 0 Å². The monoisotopic (exact) mass is 363 g/mol. The Labute approximate surface area is 159 Å². The van der Waals surface area contributed by atoms with E-state index in [1.807, 2.05) is 44.2 Å². The number of unbranched alkanes of at least 4 members (excludes halogenated alkanes) is 2. The summed E-state index contributed by atoms with van der Waals surface area (Å²) in [5, 5.41) is 8.51. The molecule has 0 bridgehead atoms. The second-order valence-corrected chi connectivity index (χ2v) is 6.85. The number of amides is 1. The summed E-state index contributed by atoms with van der Waals surface area (Å²) in [7, 11) is 0. The maximum atomic E-state index is 13.0. The third-order valence-corrected chi connectivity index (χ3v) is 4.78. The minimum atomic E-state index is -0.298. The van der Waals surface area contributed by atoms with E-state index in [9.17, 15) is 9.59 Å². The Kier molecular flexibility index (Phi) is 5.69. The summed E-state index contributed by atoms with van der Waals surface area (Å²) in [6.07, 6.45) is 2.94. The number of hydrogen-bond donors (Lipinski definition) is 1. The summed E-state index contributed by atoms with van der Waals surface area (Å²) in [4.78, 5) is 25.8. The van der Waals surface area contributed by atoms with E-state index in [2.05, 4.69) is 17.3 Å². The zero-order chi connectivity index (χ0) is 19.4. The van der Waals surface area contributed by atoms with Gasteiger partial charge in [-0.05, 0) is 37.5 Å². The van der Waals surface area contributed by atoms with Crippen molar-refractivity contribution in [2.45, 2.75) is 46.6 Å². The Morgan fingerprint density at radius 1 is 1.00 bits per heavy atom. The molecule has 3 rings (SSSR count). The molecule has 0 unspecified atom stereocenters. The number of benzene rings is 2. The molecule has 0 spiro atoms. The lowest BCUT2D eigenvalue weighted by Crippen LogP contribution is -2.28. The molecule has 1 heterocycles. The lowest BCUT2D eigenvalue weighted by molar-refractivity contribution is 0.102. The van der Waals surface area contributed by atoms with Gasteiger partial charge in [0.1, 0.15) is 0 Å². The molecule has 1 aromatic heterocycles. The molecule has 2 aromatic carbocycles. The number of nitrogens with zero attached hydrogens (tertiary/aromatic N) is 2. The molecule has 0 atom stereocenters. The second kappa shape index (κ2) is 8.16. The van der Waals surface area contributed by atoms with Crippen molar-refractivity contribution in [1.82, 2.24) is 9.78 Å². The van der Waals surface area contributed by atoms with E-state index in [1.165, 1.54) is 4.68 Å². The van der Waals surface area contributed by atoms with Crippen molar-refractivity contribution in [2.75, 3.05) is 5.32 Å². The van der Waals surface area contributed by atoms with Gasteiger partial charge in [0.25, 0.3) is 11.5 Å². The standard InChI is InChI=1S/C22H25N3O2/c1-4-5-8-14-25-22(27)18-13-7-6-12-17(18)20(24-25)21(26)23-19-15(2)10-9-11-16(19)3/h6-7,9-13H,4-5,8,14H2,1-3H3,(H,23,26). The van der Waals surface area contributed by atoms with Gasteiger partial charge in [-0.2, -0.15) is 5.10 Å². The molecule has 1 N–H and O–H groups in total. The number of carbonyl (C=O) groups excluding carboxylic acids is 1. The molecule has 0 fully saturated rings. The van der Waals surface area contributed by atoms with Crippen LogP contribution in [0.4, 0.5) is 5.69 Å². The Balaban J connectivity index is 2.05. The largest absolute Gasteiger partial charge is 0.320 e. The van der Waals surface area contributed by atoms with Crippen molar-refractivity contribution in [3.05, 3.63) is 69.6 Å². The molecule has 0 saturated heterocycles. The molecular weight excluding hydrogens is 338 g/mol. The van der Waals surface area contributed by atoms with Gasteiger partial charge in [0.05, 0.1) is 5.39 Å². The van der Waals surface area contributed by atoms with E-state index in [-0.39, 0.29) is 17.2 Å². The lowest BCUT2D eigenvalue weighted by Gasteiger charge is -2.14. The SMILES string of the molecule is CCCCCn1nc(C(=O)Nc2c(C)cccc2C)c2ccccc2c1=O. The van der Waals surface area contributed by atoms with Crippen molar-refractivity contribution in [2.24, 2.45) is 0 Å². The van der Waals surface area contributed by atoms with Gasteiger partial charge in [-0.1, -0.05) is 56.2 Å². The van der Waals surface area contributed by atoms with Crippen LogP contribution in [0.3, 0.4) is 0 Å². The molecule has 0 aliphatic carbocycles. The van der Waals surface area contributed by atoms with E-state index >= 15 is 0 Å². The van der Waals surface area contributed by atoms with E-state index in [0.717, 1.165) is 36.1 Å². The van der Waals surface area contributed by atoms with Gasteiger partial charge in [0, 0.05) is 17.6 Å². The van der Waals surface area contributed by atoms with Crippen molar-refractivity contribution >= 4 is 22.4 Å². The van der Waals surface area contributed by atoms with E-state index < -0.39 is 0 Å². The zero-order valence-electron chi connectivity index (χ0n) is 16.1. The maximum Gasteiger partial charge on any atom is 0.276 e. The molecule has 3 aromatic rings. The number of rotatable bonds is 6. The quantitative estimate of drug-likeness (QED) is 0.658. The smallest absolute Gasteiger partial charge is 0.276 e. The van der Waals surface area contributed by atoms with Crippen molar-refractivity contribution < 1.29 is 4.79 Å². The van der Waals surface area contributed by atoms with E-state index in [0.29, 0.717) is 17.3 Å². The minimum Gasteiger partial charge on any atom is -0.320 e. The van der Waals surface area contributed by atoms with Crippen molar-refractivity contribution in [3.8, 4) is 0 Å². The van der Waals surface area contributed by atoms with Gasteiger partial charge in [-0.15, -0.1) is 0 Å². The third-order valence-electron chi connectivity index (χ3n) is 4.78. The zero-order valence-corrected chi connectivity index (χ0v) is 16.1. The number of fused-ring (bicyclic) bond motifs is 1. The fourth-order valence-corrected chi connectivity index (χ4v) is 3.25. The molecule has 27 heavy (non-hydrogen) atoms. The van der Waals surface area contributed by atoms with Crippen LogP contribution in [-0.4, -0.2) is 15.7 Å². The number of hydrogen-bond acceptors (Lipinski definition) is 3. The first-order valence-corrected chi connectivity index (χ1v) is 9.40. The van der Waals surface area contributed by atoms with Crippen LogP contribution < -0.4 is 10.9 Å². The average Bonchev–Trinajstić information content (AvgIpc) is 2.67. The summed E-state index contributed by atoms with van der Waals surface area (Å²) in [5.74, 6) is -0.298. The molecule has 0 radical (unpaired) electrons. The number of aromatic nitrogens is 2. The van der Waals surface area contributed by atoms with Gasteiger partial charge in [0.2, 0.25) is 0 Å². The van der Waals surface area contributed by atoms with Gasteiger partial charge in [-0.3, -0.25) is 9.59 Å². The topological polar surface area (TPSA) is 64.0 Å². The Morgan fingerprint density at radius 2 is 1.67 bits per heavy atom. The first-order valence-electron chi connectivity index (χ1n) is 9.40. The van der Waals surface area contributed by atoms with E-state index in [4.69, 9.17) is 0 Å². The van der Waals surface area contributed by atoms with Crippen LogP contribution in [-0.2, 0) is 6.54 Å². The Bertz CT molecular complexity index is 1020. The molecule has 140 valence electrons. The lowest BCUT2D eigenvalue weighted by atomic mass is 10.1. The van der Waals surface area contributed by atoms with E-state index in [1.54, 1.807) is 12.1 Å². The van der Waals surface area contributed by atoms with Crippen LogP contribution in [0.1, 0.15) is 47.8 Å². The molecule has 0 aliphatic rings. The predicted octanol–water partition coefficient (Wildman–Crippen LogP) is 4.46. The Hall–Kier alpha value is -2.95. The van der Waals surface area contributed by atoms with Crippen LogP contribution >= 0.6 is 0 Å². The molecule has 0 aliphatic heterocycles. The summed E-state index contributed by atoms with van der Waals surface area (Å²) in [6, 6.07) is 13.0. The average molecular weight is 363 g/mol. The van der Waals surface area contributed by atoms with Crippen LogP contribution in [0, 0.1) is 13.8 Å². The third kappa shape index (κ3) is 3.92. The second-order valence-electron chi connectivity index (χ2n) is 6.85. The van der Waals surface area contributed by atoms with Gasteiger partial charge in [0.15, 0.2) is 5.69 Å². The highest BCUT2D eigenvalue weighted by atomic mass is 16.2. The summed E-state index contributed by atoms with van der Waals surface area (Å²) in [6.45, 7) is 6.54. The van der Waals surface area contributed by atoms with Crippen molar-refractivity contribution in [1.29, 1.82) is 0 Å². The highest BCUT2D eigenvalue weighted by Gasteiger charge is 2.18. The number of aryl methyl sites for hydroxylation is 3. The Morgan fingerprint density at radius 3 is 2.33 bits per heavy atom. The summed E-state index contributed by atoms with van der Waals surface area (Å²) in [5.41, 5.74) is 2.90. The number of para-hydroxylation sites is 1. The van der Waals surface area contributed by atoms with Gasteiger partial charge < -0.3 is 5.32 Å². The normalized spacial score (nSPS) is 10.9. The molecule has 5 nitrogen and oxygen atoms in total. The van der Waals surface area contributed by atoms with Crippen LogP contribution in [0.5, 0.6) is 0 Å². The van der Waals surface area contributed by atoms with Crippen LogP contribution in [0.15, 0.2) is 47.3 Å². The first kappa shape index (κ1) is 18.8. The van der Waals surface area contributed by atoms with Gasteiger partial charge >= 0.3 is 0 Å². The number of carbonyl (C=O) groups is 1. The molecule has 1 amide bonds. The first-order chi connectivity index (χ1) is 13.0. The minimum absolute atomic E-state index is 0.148. The number of nitrogens with one attached hydrogen (secondary N) is 1. The fraction of sp³-hybridized carbons (Fsp3) is 0.318. The number of anilines is 1.